The van der Waals surface area contributed by atoms with Crippen LogP contribution in [0.3, 0.4) is 0 Å². The molecule has 0 amide bonds. The van der Waals surface area contributed by atoms with Crippen LogP contribution < -0.4 is 10.4 Å². The molecular formula is C12H14F3NO3. The van der Waals surface area contributed by atoms with Gasteiger partial charge in [-0.05, 0) is 0 Å². The van der Waals surface area contributed by atoms with Gasteiger partial charge in [0.1, 0.15) is 18.6 Å². The lowest BCUT2D eigenvalue weighted by Gasteiger charge is -2.20. The van der Waals surface area contributed by atoms with Gasteiger partial charge in [0.15, 0.2) is 0 Å². The Balaban J connectivity index is 0.000000224. The molecule has 0 saturated carbocycles. The lowest BCUT2D eigenvalue weighted by Crippen LogP contribution is -2.88. The molecule has 0 aliphatic carbocycles. The van der Waals surface area contributed by atoms with Crippen molar-refractivity contribution in [3.05, 3.63) is 35.9 Å². The Labute approximate surface area is 108 Å². The highest BCUT2D eigenvalue weighted by atomic mass is 19.4. The smallest absolute Gasteiger partial charge is 0.430 e. The first-order chi connectivity index (χ1) is 8.91. The van der Waals surface area contributed by atoms with Crippen LogP contribution in [0.2, 0.25) is 0 Å². The number of aliphatic carboxylic acids is 1. The molecule has 1 aliphatic heterocycles. The highest BCUT2D eigenvalue weighted by molar-refractivity contribution is 5.70. The van der Waals surface area contributed by atoms with E-state index in [0.717, 1.165) is 19.8 Å². The number of carboxylic acid groups (broad SMARTS) is 1. The number of hydrogen-bond acceptors (Lipinski definition) is 3. The zero-order valence-electron chi connectivity index (χ0n) is 10.0. The minimum absolute atomic E-state index is 0.514. The molecule has 1 aromatic rings. The van der Waals surface area contributed by atoms with Crippen LogP contribution in [0, 0.1) is 0 Å². The highest BCUT2D eigenvalue weighted by Crippen LogP contribution is 2.11. The molecule has 2 N–H and O–H groups in total. The van der Waals surface area contributed by atoms with Crippen LogP contribution in [0.25, 0.3) is 0 Å². The largest absolute Gasteiger partial charge is 0.542 e. The van der Waals surface area contributed by atoms with Gasteiger partial charge in [-0.15, -0.1) is 0 Å². The Hall–Kier alpha value is -1.60. The standard InChI is InChI=1S/C10H13NO.C2HF3O2/c1-2-4-9(5-3-1)10-8-12-7-6-11-10;3-2(4,5)1(6)7/h1-5,10-11H,6-8H2;(H,6,7). The van der Waals surface area contributed by atoms with Crippen molar-refractivity contribution in [3.8, 4) is 0 Å². The first-order valence-electron chi connectivity index (χ1n) is 5.65. The van der Waals surface area contributed by atoms with Crippen molar-refractivity contribution >= 4 is 5.97 Å². The van der Waals surface area contributed by atoms with Crippen LogP contribution in [0.15, 0.2) is 30.3 Å². The number of carbonyl (C=O) groups is 1. The summed E-state index contributed by atoms with van der Waals surface area (Å²) in [5.74, 6) is -3.01. The average molecular weight is 277 g/mol. The number of benzene rings is 1. The van der Waals surface area contributed by atoms with Crippen LogP contribution >= 0.6 is 0 Å². The van der Waals surface area contributed by atoms with Crippen LogP contribution in [0.5, 0.6) is 0 Å². The topological polar surface area (TPSA) is 66.0 Å². The van der Waals surface area contributed by atoms with E-state index in [2.05, 4.69) is 29.6 Å². The Bertz CT molecular complexity index is 389. The lowest BCUT2D eigenvalue weighted by atomic mass is 10.1. The molecule has 7 heteroatoms. The molecule has 1 saturated heterocycles. The van der Waals surface area contributed by atoms with E-state index < -0.39 is 12.1 Å². The molecule has 19 heavy (non-hydrogen) atoms. The summed E-state index contributed by atoms with van der Waals surface area (Å²) in [6, 6.07) is 11.0. The molecule has 1 heterocycles. The molecule has 0 aromatic heterocycles. The Kier molecular flexibility index (Phi) is 5.78. The zero-order valence-corrected chi connectivity index (χ0v) is 10.0. The molecule has 106 valence electrons. The van der Waals surface area contributed by atoms with Crippen LogP contribution in [0.1, 0.15) is 11.6 Å². The molecule has 1 aliphatic rings. The fraction of sp³-hybridized carbons (Fsp3) is 0.417. The Morgan fingerprint density at radius 3 is 2.32 bits per heavy atom. The van der Waals surface area contributed by atoms with Crippen LogP contribution in [0.4, 0.5) is 13.2 Å². The van der Waals surface area contributed by atoms with E-state index in [1.54, 1.807) is 0 Å². The van der Waals surface area contributed by atoms with Crippen molar-refractivity contribution in [1.82, 2.24) is 0 Å². The number of nitrogens with two attached hydrogens (primary N) is 1. The van der Waals surface area contributed by atoms with E-state index >= 15 is 0 Å². The second-order valence-electron chi connectivity index (χ2n) is 3.90. The lowest BCUT2D eigenvalue weighted by molar-refractivity contribution is -0.711. The molecule has 0 spiro atoms. The Morgan fingerprint density at radius 1 is 1.32 bits per heavy atom. The molecule has 4 nitrogen and oxygen atoms in total. The van der Waals surface area contributed by atoms with E-state index in [0.29, 0.717) is 6.04 Å². The van der Waals surface area contributed by atoms with E-state index in [1.165, 1.54) is 5.56 Å². The second-order valence-corrected chi connectivity index (χ2v) is 3.90. The van der Waals surface area contributed by atoms with Gasteiger partial charge in [-0.3, -0.25) is 0 Å². The van der Waals surface area contributed by atoms with Crippen molar-refractivity contribution in [2.45, 2.75) is 12.2 Å². The molecular weight excluding hydrogens is 263 g/mol. The van der Waals surface area contributed by atoms with Gasteiger partial charge in [-0.1, -0.05) is 30.3 Å². The van der Waals surface area contributed by atoms with Crippen molar-refractivity contribution in [1.29, 1.82) is 0 Å². The first-order valence-corrected chi connectivity index (χ1v) is 5.65. The third-order valence-corrected chi connectivity index (χ3v) is 2.47. The van der Waals surface area contributed by atoms with Gasteiger partial charge in [0.2, 0.25) is 0 Å². The minimum atomic E-state index is -5.19. The zero-order chi connectivity index (χ0) is 14.3. The van der Waals surface area contributed by atoms with Gasteiger partial charge in [0.05, 0.1) is 13.2 Å². The Morgan fingerprint density at radius 2 is 1.89 bits per heavy atom. The minimum Gasteiger partial charge on any atom is -0.542 e. The monoisotopic (exact) mass is 277 g/mol. The third kappa shape index (κ3) is 5.71. The summed E-state index contributed by atoms with van der Waals surface area (Å²) >= 11 is 0. The number of carboxylic acids is 1. The molecule has 1 fully saturated rings. The van der Waals surface area contributed by atoms with Crippen LogP contribution in [-0.4, -0.2) is 31.9 Å². The fourth-order valence-electron chi connectivity index (χ4n) is 1.56. The number of carbonyl (C=O) groups excluding carboxylic acids is 1. The number of alkyl halides is 3. The molecule has 1 unspecified atom stereocenters. The van der Waals surface area contributed by atoms with E-state index in [9.17, 15) is 13.2 Å². The van der Waals surface area contributed by atoms with Crippen molar-refractivity contribution in [2.24, 2.45) is 0 Å². The number of rotatable bonds is 1. The molecule has 2 rings (SSSR count). The van der Waals surface area contributed by atoms with Crippen LogP contribution in [-0.2, 0) is 9.53 Å². The van der Waals surface area contributed by atoms with Gasteiger partial charge >= 0.3 is 6.18 Å². The number of halogens is 3. The summed E-state index contributed by atoms with van der Waals surface area (Å²) < 4.78 is 37.0. The predicted molar refractivity (Wildman–Crippen MR) is 57.9 cm³/mol. The number of ether oxygens (including phenoxy) is 1. The summed E-state index contributed by atoms with van der Waals surface area (Å²) in [6.07, 6.45) is -5.19. The average Bonchev–Trinajstić information content (AvgIpc) is 2.40. The summed E-state index contributed by atoms with van der Waals surface area (Å²) in [5, 5.41) is 11.1. The summed E-state index contributed by atoms with van der Waals surface area (Å²) in [4.78, 5) is 8.78. The quantitative estimate of drug-likeness (QED) is 0.761. The fourth-order valence-corrected chi connectivity index (χ4v) is 1.56. The highest BCUT2D eigenvalue weighted by Gasteiger charge is 2.28. The molecule has 1 atom stereocenters. The number of morpholine rings is 1. The van der Waals surface area contributed by atoms with Crippen molar-refractivity contribution in [3.63, 3.8) is 0 Å². The predicted octanol–water partition coefficient (Wildman–Crippen LogP) is -0.380. The van der Waals surface area contributed by atoms with Gasteiger partial charge in [-0.2, -0.15) is 13.2 Å². The molecule has 0 bridgehead atoms. The van der Waals surface area contributed by atoms with E-state index in [4.69, 9.17) is 14.6 Å². The second kappa shape index (κ2) is 7.10. The maximum absolute atomic E-state index is 10.5. The van der Waals surface area contributed by atoms with Gasteiger partial charge < -0.3 is 20.0 Å². The number of hydrogen-bond donors (Lipinski definition) is 1. The SMILES string of the molecule is O=C([O-])C(F)(F)F.c1ccc(C2COCC[NH2+]2)cc1. The van der Waals surface area contributed by atoms with E-state index in [1.807, 2.05) is 6.07 Å². The maximum Gasteiger partial charge on any atom is 0.430 e. The van der Waals surface area contributed by atoms with Gasteiger partial charge in [-0.25, -0.2) is 0 Å². The van der Waals surface area contributed by atoms with E-state index in [-0.39, 0.29) is 0 Å². The third-order valence-electron chi connectivity index (χ3n) is 2.47. The first kappa shape index (κ1) is 15.5. The summed E-state index contributed by atoms with van der Waals surface area (Å²) in [7, 11) is 0. The van der Waals surface area contributed by atoms with Crippen molar-refractivity contribution < 1.29 is 33.1 Å². The molecule has 0 radical (unpaired) electrons. The summed E-state index contributed by atoms with van der Waals surface area (Å²) in [5.41, 5.74) is 1.37. The van der Waals surface area contributed by atoms with Gasteiger partial charge in [0, 0.05) is 5.56 Å². The van der Waals surface area contributed by atoms with Crippen molar-refractivity contribution in [2.75, 3.05) is 19.8 Å². The molecule has 1 aromatic carbocycles. The summed E-state index contributed by atoms with van der Waals surface area (Å²) in [6.45, 7) is 2.83. The normalized spacial score (nSPS) is 19.2. The number of quaternary nitrogens is 1. The maximum atomic E-state index is 10.5. The van der Waals surface area contributed by atoms with Gasteiger partial charge in [0.25, 0.3) is 0 Å².